The molecule has 0 bridgehead atoms. The Morgan fingerprint density at radius 3 is 2.33 bits per heavy atom. The second kappa shape index (κ2) is 5.58. The Hall–Kier alpha value is -1.05. The summed E-state index contributed by atoms with van der Waals surface area (Å²) in [4.78, 5) is 11.0. The minimum absolute atomic E-state index is 0.241. The Morgan fingerprint density at radius 1 is 1.42 bits per heavy atom. The van der Waals surface area contributed by atoms with Gasteiger partial charge < -0.3 is 4.74 Å². The predicted molar refractivity (Wildman–Crippen MR) is 49.8 cm³/mol. The topological polar surface area (TPSA) is 26.3 Å². The first kappa shape index (κ1) is 11.0. The molecule has 0 unspecified atom stereocenters. The van der Waals surface area contributed by atoms with E-state index in [4.69, 9.17) is 0 Å². The van der Waals surface area contributed by atoms with Crippen molar-refractivity contribution in [2.24, 2.45) is 0 Å². The first-order chi connectivity index (χ1) is 5.61. The number of methoxy groups -OCH3 is 1. The van der Waals surface area contributed by atoms with E-state index in [0.717, 1.165) is 0 Å². The van der Waals surface area contributed by atoms with Crippen LogP contribution in [0.4, 0.5) is 0 Å². The Labute approximate surface area is 73.9 Å². The molecule has 0 amide bonds. The van der Waals surface area contributed by atoms with Gasteiger partial charge >= 0.3 is 5.97 Å². The lowest BCUT2D eigenvalue weighted by molar-refractivity contribution is -0.136. The maximum atomic E-state index is 11.0. The van der Waals surface area contributed by atoms with E-state index in [1.54, 1.807) is 6.08 Å². The largest absolute Gasteiger partial charge is 0.466 e. The molecular weight excluding hydrogens is 152 g/mol. The Balaban J connectivity index is 4.21. The summed E-state index contributed by atoms with van der Waals surface area (Å²) in [5.41, 5.74) is 1.91. The number of hydrogen-bond acceptors (Lipinski definition) is 2. The molecule has 0 saturated carbocycles. The summed E-state index contributed by atoms with van der Waals surface area (Å²) in [6.45, 7) is 5.85. The normalized spacial score (nSPS) is 10.8. The molecule has 0 aromatic heterocycles. The van der Waals surface area contributed by atoms with Gasteiger partial charge in [0.15, 0.2) is 0 Å². The quantitative estimate of drug-likeness (QED) is 0.367. The van der Waals surface area contributed by atoms with Crippen molar-refractivity contribution < 1.29 is 9.53 Å². The van der Waals surface area contributed by atoms with E-state index < -0.39 is 0 Å². The van der Waals surface area contributed by atoms with Crippen molar-refractivity contribution in [3.63, 3.8) is 0 Å². The van der Waals surface area contributed by atoms with Crippen molar-refractivity contribution in [1.82, 2.24) is 0 Å². The zero-order valence-electron chi connectivity index (χ0n) is 8.18. The molecule has 0 aliphatic carbocycles. The molecule has 0 rings (SSSR count). The second-order valence-electron chi connectivity index (χ2n) is 2.79. The molecule has 12 heavy (non-hydrogen) atoms. The molecule has 2 heteroatoms. The van der Waals surface area contributed by atoms with E-state index in [9.17, 15) is 4.79 Å². The maximum absolute atomic E-state index is 11.0. The number of carbonyl (C=O) groups is 1. The van der Waals surface area contributed by atoms with E-state index in [-0.39, 0.29) is 5.97 Å². The van der Waals surface area contributed by atoms with Gasteiger partial charge in [-0.3, -0.25) is 0 Å². The highest BCUT2D eigenvalue weighted by molar-refractivity contribution is 5.88. The fraction of sp³-hybridized carbons (Fsp3) is 0.500. The first-order valence-corrected chi connectivity index (χ1v) is 3.98. The molecule has 0 saturated heterocycles. The van der Waals surface area contributed by atoms with Gasteiger partial charge in [0, 0.05) is 5.57 Å². The standard InChI is InChI=1S/C10H16O2/c1-5-9(10(11)12-4)7-6-8(2)3/h5-6H,7H2,1-4H3/b9-5-. The lowest BCUT2D eigenvalue weighted by Gasteiger charge is -2.00. The van der Waals surface area contributed by atoms with Gasteiger partial charge in [-0.15, -0.1) is 0 Å². The third-order valence-electron chi connectivity index (χ3n) is 1.53. The van der Waals surface area contributed by atoms with Gasteiger partial charge in [0.05, 0.1) is 7.11 Å². The minimum Gasteiger partial charge on any atom is -0.466 e. The highest BCUT2D eigenvalue weighted by Crippen LogP contribution is 2.06. The van der Waals surface area contributed by atoms with E-state index in [1.807, 2.05) is 26.8 Å². The van der Waals surface area contributed by atoms with Crippen molar-refractivity contribution in [2.75, 3.05) is 7.11 Å². The first-order valence-electron chi connectivity index (χ1n) is 3.98. The summed E-state index contributed by atoms with van der Waals surface area (Å²) in [6.07, 6.45) is 4.45. The molecule has 0 aromatic carbocycles. The zero-order valence-corrected chi connectivity index (χ0v) is 8.18. The van der Waals surface area contributed by atoms with E-state index in [1.165, 1.54) is 12.7 Å². The molecule has 0 aliphatic rings. The van der Waals surface area contributed by atoms with Gasteiger partial charge in [-0.2, -0.15) is 0 Å². The van der Waals surface area contributed by atoms with Gasteiger partial charge in [0.25, 0.3) is 0 Å². The molecule has 0 N–H and O–H groups in total. The van der Waals surface area contributed by atoms with E-state index in [2.05, 4.69) is 4.74 Å². The number of ether oxygens (including phenoxy) is 1. The second-order valence-corrected chi connectivity index (χ2v) is 2.79. The van der Waals surface area contributed by atoms with Gasteiger partial charge in [-0.1, -0.05) is 17.7 Å². The Kier molecular flexibility index (Phi) is 5.09. The van der Waals surface area contributed by atoms with Crippen LogP contribution < -0.4 is 0 Å². The van der Waals surface area contributed by atoms with Gasteiger partial charge in [0.2, 0.25) is 0 Å². The monoisotopic (exact) mass is 168 g/mol. The van der Waals surface area contributed by atoms with Crippen molar-refractivity contribution in [1.29, 1.82) is 0 Å². The van der Waals surface area contributed by atoms with Crippen LogP contribution in [0.15, 0.2) is 23.3 Å². The summed E-state index contributed by atoms with van der Waals surface area (Å²) in [5.74, 6) is -0.241. The fourth-order valence-corrected chi connectivity index (χ4v) is 0.764. The van der Waals surface area contributed by atoms with E-state index >= 15 is 0 Å². The van der Waals surface area contributed by atoms with Crippen molar-refractivity contribution in [3.05, 3.63) is 23.3 Å². The fourth-order valence-electron chi connectivity index (χ4n) is 0.764. The number of allylic oxidation sites excluding steroid dienone is 3. The van der Waals surface area contributed by atoms with Crippen LogP contribution in [0.25, 0.3) is 0 Å². The van der Waals surface area contributed by atoms with Gasteiger partial charge in [-0.05, 0) is 27.2 Å². The van der Waals surface area contributed by atoms with Crippen LogP contribution in [-0.2, 0) is 9.53 Å². The highest BCUT2D eigenvalue weighted by Gasteiger charge is 2.05. The number of esters is 1. The van der Waals surface area contributed by atoms with Crippen molar-refractivity contribution >= 4 is 5.97 Å². The third-order valence-corrected chi connectivity index (χ3v) is 1.53. The van der Waals surface area contributed by atoms with Crippen molar-refractivity contribution in [3.8, 4) is 0 Å². The van der Waals surface area contributed by atoms with E-state index in [0.29, 0.717) is 12.0 Å². The maximum Gasteiger partial charge on any atom is 0.333 e. The van der Waals surface area contributed by atoms with Gasteiger partial charge in [0.1, 0.15) is 0 Å². The average molecular weight is 168 g/mol. The molecular formula is C10H16O2. The lowest BCUT2D eigenvalue weighted by Crippen LogP contribution is -2.03. The lowest BCUT2D eigenvalue weighted by atomic mass is 10.1. The molecule has 68 valence electrons. The Morgan fingerprint density at radius 2 is 2.00 bits per heavy atom. The highest BCUT2D eigenvalue weighted by atomic mass is 16.5. The van der Waals surface area contributed by atoms with Crippen LogP contribution in [0, 0.1) is 0 Å². The molecule has 0 aliphatic heterocycles. The molecule has 0 radical (unpaired) electrons. The van der Waals surface area contributed by atoms with Crippen LogP contribution in [0.1, 0.15) is 27.2 Å². The summed E-state index contributed by atoms with van der Waals surface area (Å²) in [6, 6.07) is 0. The molecule has 0 aromatic rings. The average Bonchev–Trinajstić information content (AvgIpc) is 2.04. The van der Waals surface area contributed by atoms with Crippen LogP contribution in [0.2, 0.25) is 0 Å². The minimum atomic E-state index is -0.241. The number of rotatable bonds is 3. The zero-order chi connectivity index (χ0) is 9.56. The molecule has 0 fully saturated rings. The van der Waals surface area contributed by atoms with Crippen LogP contribution >= 0.6 is 0 Å². The van der Waals surface area contributed by atoms with Crippen LogP contribution in [-0.4, -0.2) is 13.1 Å². The summed E-state index contributed by atoms with van der Waals surface area (Å²) in [5, 5.41) is 0. The molecule has 0 atom stereocenters. The summed E-state index contributed by atoms with van der Waals surface area (Å²) in [7, 11) is 1.40. The SMILES string of the molecule is C/C=C(/CC=C(C)C)C(=O)OC. The van der Waals surface area contributed by atoms with Crippen molar-refractivity contribution in [2.45, 2.75) is 27.2 Å². The third kappa shape index (κ3) is 3.96. The number of hydrogen-bond donors (Lipinski definition) is 0. The smallest absolute Gasteiger partial charge is 0.333 e. The predicted octanol–water partition coefficient (Wildman–Crippen LogP) is 2.46. The summed E-state index contributed by atoms with van der Waals surface area (Å²) < 4.78 is 4.60. The Bertz CT molecular complexity index is 208. The molecule has 0 heterocycles. The summed E-state index contributed by atoms with van der Waals surface area (Å²) >= 11 is 0. The number of carbonyl (C=O) groups excluding carboxylic acids is 1. The van der Waals surface area contributed by atoms with Gasteiger partial charge in [-0.25, -0.2) is 4.79 Å². The van der Waals surface area contributed by atoms with Crippen LogP contribution in [0.5, 0.6) is 0 Å². The van der Waals surface area contributed by atoms with Crippen LogP contribution in [0.3, 0.4) is 0 Å². The molecule has 2 nitrogen and oxygen atoms in total. The molecule has 0 spiro atoms.